The lowest BCUT2D eigenvalue weighted by molar-refractivity contribution is -0.120. The predicted octanol–water partition coefficient (Wildman–Crippen LogP) is 1.74. The minimum absolute atomic E-state index is 0.191. The van der Waals surface area contributed by atoms with Gasteiger partial charge in [0.05, 0.1) is 6.54 Å². The number of carbonyl (C=O) groups excluding carboxylic acids is 2. The molecular formula is C15H23N3O2. The van der Waals surface area contributed by atoms with Gasteiger partial charge in [0.2, 0.25) is 5.91 Å². The average molecular weight is 277 g/mol. The summed E-state index contributed by atoms with van der Waals surface area (Å²) in [5, 5.41) is 4.97. The summed E-state index contributed by atoms with van der Waals surface area (Å²) in [7, 11) is 1.85. The summed E-state index contributed by atoms with van der Waals surface area (Å²) in [5.41, 5.74) is 1.13. The van der Waals surface area contributed by atoms with E-state index in [4.69, 9.17) is 0 Å². The van der Waals surface area contributed by atoms with E-state index in [9.17, 15) is 9.59 Å². The highest BCUT2D eigenvalue weighted by Gasteiger charge is 2.10. The standard InChI is InChI=1S/C15H23N3O2/c1-3-4-10-16-15(20)17-14(19)12-18(2)11-13-8-6-5-7-9-13/h5-9H,3-4,10-12H2,1-2H3,(H2,16,17,19,20). The van der Waals surface area contributed by atoms with Crippen molar-refractivity contribution in [2.45, 2.75) is 26.3 Å². The van der Waals surface area contributed by atoms with Gasteiger partial charge in [0.1, 0.15) is 0 Å². The first-order valence-electron chi connectivity index (χ1n) is 6.92. The number of unbranched alkanes of at least 4 members (excludes halogenated alkanes) is 1. The molecule has 1 aromatic carbocycles. The zero-order valence-corrected chi connectivity index (χ0v) is 12.2. The summed E-state index contributed by atoms with van der Waals surface area (Å²) >= 11 is 0. The lowest BCUT2D eigenvalue weighted by Gasteiger charge is -2.16. The molecular weight excluding hydrogens is 254 g/mol. The van der Waals surface area contributed by atoms with Crippen LogP contribution < -0.4 is 10.6 Å². The van der Waals surface area contributed by atoms with Crippen molar-refractivity contribution in [2.75, 3.05) is 20.1 Å². The van der Waals surface area contributed by atoms with Gasteiger partial charge in [-0.3, -0.25) is 15.0 Å². The van der Waals surface area contributed by atoms with E-state index in [2.05, 4.69) is 10.6 Å². The maximum absolute atomic E-state index is 11.7. The number of hydrogen-bond acceptors (Lipinski definition) is 3. The largest absolute Gasteiger partial charge is 0.338 e. The summed E-state index contributed by atoms with van der Waals surface area (Å²) in [5.74, 6) is -0.294. The number of nitrogens with zero attached hydrogens (tertiary/aromatic N) is 1. The molecule has 0 unspecified atom stereocenters. The first-order valence-corrected chi connectivity index (χ1v) is 6.92. The molecule has 0 atom stereocenters. The maximum atomic E-state index is 11.7. The van der Waals surface area contributed by atoms with Crippen molar-refractivity contribution in [3.8, 4) is 0 Å². The van der Waals surface area contributed by atoms with E-state index in [-0.39, 0.29) is 12.5 Å². The third-order valence-electron chi connectivity index (χ3n) is 2.78. The van der Waals surface area contributed by atoms with Gasteiger partial charge in [0.15, 0.2) is 0 Å². The van der Waals surface area contributed by atoms with Crippen molar-refractivity contribution < 1.29 is 9.59 Å². The van der Waals surface area contributed by atoms with Crippen molar-refractivity contribution in [3.05, 3.63) is 35.9 Å². The van der Waals surface area contributed by atoms with E-state index >= 15 is 0 Å². The monoisotopic (exact) mass is 277 g/mol. The van der Waals surface area contributed by atoms with Crippen LogP contribution in [0.25, 0.3) is 0 Å². The molecule has 0 radical (unpaired) electrons. The summed E-state index contributed by atoms with van der Waals surface area (Å²) in [6.07, 6.45) is 1.92. The highest BCUT2D eigenvalue weighted by Crippen LogP contribution is 2.01. The number of amides is 3. The summed E-state index contributed by atoms with van der Waals surface area (Å²) in [6, 6.07) is 9.47. The van der Waals surface area contributed by atoms with Crippen LogP contribution in [0.3, 0.4) is 0 Å². The van der Waals surface area contributed by atoms with Gasteiger partial charge in [-0.2, -0.15) is 0 Å². The molecule has 0 aliphatic rings. The summed E-state index contributed by atoms with van der Waals surface area (Å²) < 4.78 is 0. The van der Waals surface area contributed by atoms with Gasteiger partial charge >= 0.3 is 6.03 Å². The van der Waals surface area contributed by atoms with E-state index in [1.165, 1.54) is 0 Å². The maximum Gasteiger partial charge on any atom is 0.321 e. The Morgan fingerprint density at radius 1 is 1.20 bits per heavy atom. The van der Waals surface area contributed by atoms with E-state index in [1.54, 1.807) is 0 Å². The van der Waals surface area contributed by atoms with E-state index < -0.39 is 6.03 Å². The van der Waals surface area contributed by atoms with Crippen LogP contribution in [-0.2, 0) is 11.3 Å². The zero-order valence-electron chi connectivity index (χ0n) is 12.2. The third kappa shape index (κ3) is 6.89. The predicted molar refractivity (Wildman–Crippen MR) is 79.2 cm³/mol. The van der Waals surface area contributed by atoms with Gasteiger partial charge in [-0.15, -0.1) is 0 Å². The van der Waals surface area contributed by atoms with Crippen molar-refractivity contribution >= 4 is 11.9 Å². The molecule has 20 heavy (non-hydrogen) atoms. The van der Waals surface area contributed by atoms with Gasteiger partial charge in [-0.1, -0.05) is 43.7 Å². The zero-order chi connectivity index (χ0) is 14.8. The lowest BCUT2D eigenvalue weighted by atomic mass is 10.2. The molecule has 5 heteroatoms. The summed E-state index contributed by atoms with van der Waals surface area (Å²) in [6.45, 7) is 3.50. The van der Waals surface area contributed by atoms with E-state index in [1.807, 2.05) is 49.2 Å². The van der Waals surface area contributed by atoms with E-state index in [0.717, 1.165) is 18.4 Å². The van der Waals surface area contributed by atoms with E-state index in [0.29, 0.717) is 13.1 Å². The van der Waals surface area contributed by atoms with Crippen molar-refractivity contribution in [1.29, 1.82) is 0 Å². The topological polar surface area (TPSA) is 61.4 Å². The van der Waals surface area contributed by atoms with Crippen LogP contribution in [-0.4, -0.2) is 37.0 Å². The van der Waals surface area contributed by atoms with Crippen LogP contribution in [0.1, 0.15) is 25.3 Å². The number of hydrogen-bond donors (Lipinski definition) is 2. The SMILES string of the molecule is CCCCNC(=O)NC(=O)CN(C)Cc1ccccc1. The average Bonchev–Trinajstić information content (AvgIpc) is 2.39. The minimum atomic E-state index is -0.420. The minimum Gasteiger partial charge on any atom is -0.338 e. The second-order valence-corrected chi connectivity index (χ2v) is 4.82. The number of carbonyl (C=O) groups is 2. The number of urea groups is 1. The smallest absolute Gasteiger partial charge is 0.321 e. The molecule has 1 rings (SSSR count). The number of rotatable bonds is 7. The summed E-state index contributed by atoms with van der Waals surface area (Å²) in [4.78, 5) is 24.9. The van der Waals surface area contributed by atoms with Crippen molar-refractivity contribution in [1.82, 2.24) is 15.5 Å². The molecule has 5 nitrogen and oxygen atoms in total. The Hall–Kier alpha value is -1.88. The Bertz CT molecular complexity index is 420. The van der Waals surface area contributed by atoms with Gasteiger partial charge in [0, 0.05) is 13.1 Å². The Labute approximate surface area is 120 Å². The van der Waals surface area contributed by atoms with Crippen LogP contribution in [0.15, 0.2) is 30.3 Å². The Balaban J connectivity index is 2.26. The van der Waals surface area contributed by atoms with Gasteiger partial charge < -0.3 is 5.32 Å². The Kier molecular flexibility index (Phi) is 7.35. The van der Waals surface area contributed by atoms with Crippen LogP contribution in [0.2, 0.25) is 0 Å². The number of imide groups is 1. The molecule has 110 valence electrons. The molecule has 0 bridgehead atoms. The quantitative estimate of drug-likeness (QED) is 0.746. The van der Waals surface area contributed by atoms with Crippen molar-refractivity contribution in [2.24, 2.45) is 0 Å². The molecule has 0 fully saturated rings. The molecule has 0 heterocycles. The first-order chi connectivity index (χ1) is 9.61. The molecule has 0 spiro atoms. The van der Waals surface area contributed by atoms with Gasteiger partial charge in [-0.25, -0.2) is 4.79 Å². The number of benzene rings is 1. The first kappa shape index (κ1) is 16.2. The number of likely N-dealkylation sites (N-methyl/N-ethyl adjacent to an activating group) is 1. The van der Waals surface area contributed by atoms with Crippen LogP contribution in [0.4, 0.5) is 4.79 Å². The highest BCUT2D eigenvalue weighted by molar-refractivity contribution is 5.95. The number of nitrogens with one attached hydrogen (secondary N) is 2. The molecule has 0 aromatic heterocycles. The van der Waals surface area contributed by atoms with Gasteiger partial charge in [-0.05, 0) is 19.0 Å². The van der Waals surface area contributed by atoms with Gasteiger partial charge in [0.25, 0.3) is 0 Å². The second kappa shape index (κ2) is 9.09. The Morgan fingerprint density at radius 2 is 1.90 bits per heavy atom. The van der Waals surface area contributed by atoms with Crippen LogP contribution in [0.5, 0.6) is 0 Å². The second-order valence-electron chi connectivity index (χ2n) is 4.82. The molecule has 3 amide bonds. The highest BCUT2D eigenvalue weighted by atomic mass is 16.2. The van der Waals surface area contributed by atoms with Crippen molar-refractivity contribution in [3.63, 3.8) is 0 Å². The molecule has 0 saturated heterocycles. The molecule has 1 aromatic rings. The third-order valence-corrected chi connectivity index (χ3v) is 2.78. The fraction of sp³-hybridized carbons (Fsp3) is 0.467. The molecule has 0 aliphatic carbocycles. The molecule has 0 aliphatic heterocycles. The Morgan fingerprint density at radius 3 is 2.55 bits per heavy atom. The normalized spacial score (nSPS) is 10.3. The van der Waals surface area contributed by atoms with Crippen LogP contribution in [0, 0.1) is 0 Å². The lowest BCUT2D eigenvalue weighted by Crippen LogP contribution is -2.43. The van der Waals surface area contributed by atoms with Crippen LogP contribution >= 0.6 is 0 Å². The fourth-order valence-electron chi connectivity index (χ4n) is 1.79. The fourth-order valence-corrected chi connectivity index (χ4v) is 1.79. The molecule has 2 N–H and O–H groups in total. The molecule has 0 saturated carbocycles.